The largest absolute Gasteiger partial charge is 0.455 e. The van der Waals surface area contributed by atoms with Crippen LogP contribution in [0.5, 0.6) is 0 Å². The van der Waals surface area contributed by atoms with E-state index in [2.05, 4.69) is 10.6 Å². The number of alkyl halides is 5. The Labute approximate surface area is 220 Å². The fraction of sp³-hybridized carbons (Fsp3) is 0.440. The molecule has 0 spiro atoms. The van der Waals surface area contributed by atoms with Gasteiger partial charge in [-0.3, -0.25) is 9.59 Å². The Morgan fingerprint density at radius 2 is 1.69 bits per heavy atom. The van der Waals surface area contributed by atoms with Crippen molar-refractivity contribution in [3.05, 3.63) is 60.2 Å². The van der Waals surface area contributed by atoms with Crippen LogP contribution in [0.15, 0.2) is 54.6 Å². The van der Waals surface area contributed by atoms with E-state index in [1.165, 1.54) is 10.2 Å². The molecular weight excluding hydrogens is 531 g/mol. The molecule has 0 aromatic heterocycles. The molecule has 0 saturated heterocycles. The van der Waals surface area contributed by atoms with E-state index in [0.29, 0.717) is 24.9 Å². The second kappa shape index (κ2) is 12.1. The number of hydrogen-bond donors (Lipinski definition) is 5. The van der Waals surface area contributed by atoms with Crippen molar-refractivity contribution in [3.8, 4) is 0 Å². The molecule has 9 nitrogen and oxygen atoms in total. The van der Waals surface area contributed by atoms with Gasteiger partial charge in [-0.05, 0) is 24.6 Å². The zero-order valence-corrected chi connectivity index (χ0v) is 20.8. The first-order valence-corrected chi connectivity index (χ1v) is 11.9. The van der Waals surface area contributed by atoms with Crippen LogP contribution in [0.4, 0.5) is 33.3 Å². The van der Waals surface area contributed by atoms with Gasteiger partial charge in [0.05, 0.1) is 37.2 Å². The van der Waals surface area contributed by atoms with Gasteiger partial charge in [0.2, 0.25) is 5.60 Å². The molecule has 2 amide bonds. The molecule has 3 rings (SSSR count). The van der Waals surface area contributed by atoms with Crippen LogP contribution in [-0.4, -0.2) is 78.2 Å². The summed E-state index contributed by atoms with van der Waals surface area (Å²) in [6, 6.07) is 15.2. The standard InChI is InChI=1S/C25H29F5N4O5/c1-23(38,21(36)32-15-24(26,27)25(28,29)30)22(37)33-18-13-31-17-9-5-6-10-19(17)34(20(18)35)11-12-39-14-16-7-3-2-4-8-16/h2-10,18,20,31,35,38H,11-15H2,1H3,(H,32,36)(H,33,37). The fourth-order valence-electron chi connectivity index (χ4n) is 3.74. The molecule has 5 N–H and O–H groups in total. The molecule has 214 valence electrons. The number of nitrogens with zero attached hydrogens (tertiary/aromatic N) is 1. The molecule has 2 aromatic carbocycles. The monoisotopic (exact) mass is 560 g/mol. The topological polar surface area (TPSA) is 123 Å². The summed E-state index contributed by atoms with van der Waals surface area (Å²) in [4.78, 5) is 26.4. The Kier molecular flexibility index (Phi) is 9.35. The van der Waals surface area contributed by atoms with Gasteiger partial charge in [0, 0.05) is 13.1 Å². The Bertz CT molecular complexity index is 1130. The predicted molar refractivity (Wildman–Crippen MR) is 131 cm³/mol. The van der Waals surface area contributed by atoms with Gasteiger partial charge in [-0.1, -0.05) is 42.5 Å². The van der Waals surface area contributed by atoms with Crippen molar-refractivity contribution in [2.24, 2.45) is 0 Å². The Balaban J connectivity index is 1.67. The van der Waals surface area contributed by atoms with Crippen molar-refractivity contribution in [1.82, 2.24) is 10.6 Å². The average Bonchev–Trinajstić information content (AvgIpc) is 3.01. The van der Waals surface area contributed by atoms with Crippen LogP contribution in [0.3, 0.4) is 0 Å². The van der Waals surface area contributed by atoms with Crippen molar-refractivity contribution < 1.29 is 46.5 Å². The van der Waals surface area contributed by atoms with E-state index in [0.717, 1.165) is 5.56 Å². The molecule has 3 atom stereocenters. The number of anilines is 2. The summed E-state index contributed by atoms with van der Waals surface area (Å²) in [5.41, 5.74) is -0.904. The first kappa shape index (κ1) is 30.1. The summed E-state index contributed by atoms with van der Waals surface area (Å²) >= 11 is 0. The van der Waals surface area contributed by atoms with Crippen LogP contribution in [0.25, 0.3) is 0 Å². The lowest BCUT2D eigenvalue weighted by molar-refractivity contribution is -0.278. The summed E-state index contributed by atoms with van der Waals surface area (Å²) < 4.78 is 69.2. The first-order valence-electron chi connectivity index (χ1n) is 11.9. The highest BCUT2D eigenvalue weighted by atomic mass is 19.4. The number of fused-ring (bicyclic) bond motifs is 1. The maximum Gasteiger partial charge on any atom is 0.455 e. The average molecular weight is 561 g/mol. The zero-order chi connectivity index (χ0) is 28.8. The highest BCUT2D eigenvalue weighted by Crippen LogP contribution is 2.35. The first-order chi connectivity index (χ1) is 18.2. The molecule has 1 heterocycles. The zero-order valence-electron chi connectivity index (χ0n) is 20.8. The van der Waals surface area contributed by atoms with Gasteiger partial charge in [0.15, 0.2) is 0 Å². The van der Waals surface area contributed by atoms with E-state index < -0.39 is 48.3 Å². The van der Waals surface area contributed by atoms with E-state index in [1.54, 1.807) is 24.3 Å². The fourth-order valence-corrected chi connectivity index (χ4v) is 3.74. The molecule has 1 aliphatic rings. The Hall–Kier alpha value is -3.49. The molecule has 14 heteroatoms. The van der Waals surface area contributed by atoms with E-state index in [-0.39, 0.29) is 19.7 Å². The van der Waals surface area contributed by atoms with Crippen LogP contribution >= 0.6 is 0 Å². The van der Waals surface area contributed by atoms with E-state index in [1.807, 2.05) is 30.3 Å². The number of nitrogens with one attached hydrogen (secondary N) is 3. The normalized spacial score (nSPS) is 19.2. The van der Waals surface area contributed by atoms with Crippen molar-refractivity contribution in [2.45, 2.75) is 43.5 Å². The molecule has 2 aromatic rings. The van der Waals surface area contributed by atoms with Crippen molar-refractivity contribution in [2.75, 3.05) is 36.5 Å². The van der Waals surface area contributed by atoms with Crippen molar-refractivity contribution in [1.29, 1.82) is 0 Å². The SMILES string of the molecule is CC(O)(C(=O)NCC(F)(F)C(F)(F)F)C(=O)NC1CNc2ccccc2N(CCOCc2ccccc2)C1O. The van der Waals surface area contributed by atoms with Gasteiger partial charge in [-0.2, -0.15) is 22.0 Å². The molecule has 0 fully saturated rings. The Morgan fingerprint density at radius 1 is 1.05 bits per heavy atom. The minimum absolute atomic E-state index is 0.0743. The molecule has 0 bridgehead atoms. The van der Waals surface area contributed by atoms with Crippen molar-refractivity contribution in [3.63, 3.8) is 0 Å². The van der Waals surface area contributed by atoms with Gasteiger partial charge < -0.3 is 35.8 Å². The van der Waals surface area contributed by atoms with Crippen LogP contribution in [0.1, 0.15) is 12.5 Å². The van der Waals surface area contributed by atoms with E-state index in [9.17, 15) is 41.8 Å². The lowest BCUT2D eigenvalue weighted by Gasteiger charge is -2.34. The van der Waals surface area contributed by atoms with Crippen LogP contribution in [-0.2, 0) is 20.9 Å². The van der Waals surface area contributed by atoms with Crippen LogP contribution in [0, 0.1) is 0 Å². The molecule has 3 unspecified atom stereocenters. The number of aliphatic hydroxyl groups excluding tert-OH is 1. The van der Waals surface area contributed by atoms with E-state index in [4.69, 9.17) is 4.74 Å². The number of halogens is 5. The second-order valence-electron chi connectivity index (χ2n) is 9.08. The maximum atomic E-state index is 13.2. The summed E-state index contributed by atoms with van der Waals surface area (Å²) in [5, 5.41) is 28.1. The molecule has 0 aliphatic carbocycles. The molecule has 39 heavy (non-hydrogen) atoms. The molecule has 0 radical (unpaired) electrons. The van der Waals surface area contributed by atoms with Gasteiger partial charge in [-0.25, -0.2) is 0 Å². The number of rotatable bonds is 10. The third-order valence-corrected chi connectivity index (χ3v) is 6.08. The lowest BCUT2D eigenvalue weighted by atomic mass is 10.0. The van der Waals surface area contributed by atoms with Gasteiger partial charge in [0.25, 0.3) is 11.8 Å². The number of hydrogen-bond acceptors (Lipinski definition) is 7. The summed E-state index contributed by atoms with van der Waals surface area (Å²) in [5.74, 6) is -8.45. The number of aliphatic hydroxyl groups is 2. The highest BCUT2D eigenvalue weighted by Gasteiger charge is 2.58. The summed E-state index contributed by atoms with van der Waals surface area (Å²) in [6.07, 6.45) is -7.34. The predicted octanol–water partition coefficient (Wildman–Crippen LogP) is 2.00. The summed E-state index contributed by atoms with van der Waals surface area (Å²) in [7, 11) is 0. The third-order valence-electron chi connectivity index (χ3n) is 6.08. The van der Waals surface area contributed by atoms with Crippen LogP contribution < -0.4 is 20.9 Å². The number of amides is 2. The number of carbonyl (C=O) groups is 2. The van der Waals surface area contributed by atoms with Gasteiger partial charge in [0.1, 0.15) is 6.23 Å². The quantitative estimate of drug-likeness (QED) is 0.171. The van der Waals surface area contributed by atoms with Crippen LogP contribution in [0.2, 0.25) is 0 Å². The smallest absolute Gasteiger partial charge is 0.381 e. The minimum atomic E-state index is -5.94. The highest BCUT2D eigenvalue weighted by molar-refractivity contribution is 6.07. The van der Waals surface area contributed by atoms with Gasteiger partial charge in [-0.15, -0.1) is 0 Å². The number of ether oxygens (including phenoxy) is 1. The number of carbonyl (C=O) groups excluding carboxylic acids is 2. The Morgan fingerprint density at radius 3 is 2.36 bits per heavy atom. The van der Waals surface area contributed by atoms with E-state index >= 15 is 0 Å². The molecule has 0 saturated carbocycles. The minimum Gasteiger partial charge on any atom is -0.381 e. The summed E-state index contributed by atoms with van der Waals surface area (Å²) in [6.45, 7) is -0.940. The second-order valence-corrected chi connectivity index (χ2v) is 9.08. The maximum absolute atomic E-state index is 13.2. The lowest BCUT2D eigenvalue weighted by Crippen LogP contribution is -2.62. The number of para-hydroxylation sites is 2. The third kappa shape index (κ3) is 7.34. The van der Waals surface area contributed by atoms with Gasteiger partial charge >= 0.3 is 12.1 Å². The molecule has 1 aliphatic heterocycles. The number of benzene rings is 2. The van der Waals surface area contributed by atoms with Crippen molar-refractivity contribution >= 4 is 23.2 Å². The molecular formula is C25H29F5N4O5.